The van der Waals surface area contributed by atoms with Gasteiger partial charge in [-0.2, -0.15) is 10.4 Å². The number of hydrogen-bond acceptors (Lipinski definition) is 4. The van der Waals surface area contributed by atoms with Crippen LogP contribution in [0.5, 0.6) is 0 Å². The molecule has 0 aliphatic heterocycles. The van der Waals surface area contributed by atoms with Crippen molar-refractivity contribution in [3.8, 4) is 6.07 Å². The maximum atomic E-state index is 12.2. The summed E-state index contributed by atoms with van der Waals surface area (Å²) in [5.41, 5.74) is 5.92. The topological polar surface area (TPSA) is 65.2 Å². The van der Waals surface area contributed by atoms with Crippen LogP contribution in [0, 0.1) is 25.2 Å². The number of anilines is 1. The number of carbonyl (C=O) groups is 1. The van der Waals surface area contributed by atoms with Crippen LogP contribution in [-0.4, -0.2) is 11.5 Å². The van der Waals surface area contributed by atoms with Crippen molar-refractivity contribution in [3.05, 3.63) is 65.2 Å². The van der Waals surface area contributed by atoms with Gasteiger partial charge in [0.15, 0.2) is 0 Å². The number of benzene rings is 2. The summed E-state index contributed by atoms with van der Waals surface area (Å²) in [5.74, 6) is -0.392. The number of carbonyl (C=O) groups excluding carboxylic acids is 1. The molecule has 2 aromatic rings. The number of nitriles is 1. The largest absolute Gasteiger partial charge is 0.286 e. The van der Waals surface area contributed by atoms with Gasteiger partial charge in [-0.25, -0.2) is 0 Å². The van der Waals surface area contributed by atoms with Crippen molar-refractivity contribution in [2.24, 2.45) is 5.10 Å². The highest BCUT2D eigenvalue weighted by Crippen LogP contribution is 2.09. The fraction of sp³-hybridized carbons (Fsp3) is 0.118. The maximum Gasteiger partial charge on any atom is 0.223 e. The number of aryl methyl sites for hydroxylation is 2. The lowest BCUT2D eigenvalue weighted by atomic mass is 10.1. The van der Waals surface area contributed by atoms with E-state index in [1.54, 1.807) is 12.1 Å². The predicted molar refractivity (Wildman–Crippen MR) is 83.4 cm³/mol. The van der Waals surface area contributed by atoms with Crippen LogP contribution in [0.15, 0.2) is 53.6 Å². The molecule has 0 aliphatic carbocycles. The normalized spacial score (nSPS) is 10.8. The Hall–Kier alpha value is -2.93. The summed E-state index contributed by atoms with van der Waals surface area (Å²) in [5, 5.41) is 13.0. The molecule has 2 rings (SSSR count). The standard InChI is InChI=1S/C17H15N3O/c1-12-3-7-14(8-4-12)17(21)16(11-18)20-19-15-9-5-13(2)6-10-15/h3-10,19H,1-2H3/b20-16-. The average Bonchev–Trinajstić information content (AvgIpc) is 2.50. The molecule has 0 bridgehead atoms. The number of Topliss-reactive ketones (excluding diaryl/α,β-unsaturated/α-hetero) is 1. The van der Waals surface area contributed by atoms with E-state index in [0.29, 0.717) is 5.56 Å². The molecule has 0 saturated carbocycles. The third kappa shape index (κ3) is 3.77. The highest BCUT2D eigenvalue weighted by molar-refractivity contribution is 6.51. The lowest BCUT2D eigenvalue weighted by molar-refractivity contribution is 0.106. The molecule has 0 aliphatic rings. The van der Waals surface area contributed by atoms with Crippen molar-refractivity contribution in [2.45, 2.75) is 13.8 Å². The Morgan fingerprint density at radius 2 is 1.52 bits per heavy atom. The molecule has 104 valence electrons. The zero-order valence-corrected chi connectivity index (χ0v) is 11.9. The van der Waals surface area contributed by atoms with Gasteiger partial charge in [-0.05, 0) is 26.0 Å². The van der Waals surface area contributed by atoms with Crippen LogP contribution in [0.3, 0.4) is 0 Å². The summed E-state index contributed by atoms with van der Waals surface area (Å²) >= 11 is 0. The van der Waals surface area contributed by atoms with Crippen LogP contribution in [0.25, 0.3) is 0 Å². The Labute approximate surface area is 123 Å². The van der Waals surface area contributed by atoms with E-state index < -0.39 is 5.78 Å². The van der Waals surface area contributed by atoms with Gasteiger partial charge in [-0.1, -0.05) is 47.5 Å². The van der Waals surface area contributed by atoms with Crippen LogP contribution in [0.4, 0.5) is 5.69 Å². The molecule has 0 saturated heterocycles. The third-order valence-corrected chi connectivity index (χ3v) is 2.98. The first-order chi connectivity index (χ1) is 10.1. The molecule has 0 heterocycles. The second-order valence-corrected chi connectivity index (χ2v) is 4.75. The highest BCUT2D eigenvalue weighted by atomic mass is 16.1. The Bertz CT molecular complexity index is 707. The Kier molecular flexibility index (Phi) is 4.47. The van der Waals surface area contributed by atoms with Crippen molar-refractivity contribution in [1.29, 1.82) is 5.26 Å². The molecule has 0 radical (unpaired) electrons. The van der Waals surface area contributed by atoms with Gasteiger partial charge in [-0.15, -0.1) is 0 Å². The Morgan fingerprint density at radius 3 is 2.05 bits per heavy atom. The highest BCUT2D eigenvalue weighted by Gasteiger charge is 2.13. The smallest absolute Gasteiger partial charge is 0.223 e. The average molecular weight is 277 g/mol. The van der Waals surface area contributed by atoms with E-state index in [-0.39, 0.29) is 5.71 Å². The van der Waals surface area contributed by atoms with Crippen LogP contribution < -0.4 is 5.43 Å². The summed E-state index contributed by atoms with van der Waals surface area (Å²) in [6.45, 7) is 3.92. The second-order valence-electron chi connectivity index (χ2n) is 4.75. The van der Waals surface area contributed by atoms with Gasteiger partial charge in [0.1, 0.15) is 6.07 Å². The molecule has 2 aromatic carbocycles. The zero-order chi connectivity index (χ0) is 15.2. The van der Waals surface area contributed by atoms with E-state index in [9.17, 15) is 4.79 Å². The van der Waals surface area contributed by atoms with E-state index in [0.717, 1.165) is 16.8 Å². The van der Waals surface area contributed by atoms with Crippen LogP contribution in [0.2, 0.25) is 0 Å². The van der Waals surface area contributed by atoms with E-state index in [4.69, 9.17) is 5.26 Å². The fourth-order valence-electron chi connectivity index (χ4n) is 1.72. The number of hydrazone groups is 1. The third-order valence-electron chi connectivity index (χ3n) is 2.98. The molecule has 21 heavy (non-hydrogen) atoms. The molecular weight excluding hydrogens is 262 g/mol. The van der Waals surface area contributed by atoms with Gasteiger partial charge in [-0.3, -0.25) is 10.2 Å². The maximum absolute atomic E-state index is 12.2. The summed E-state index contributed by atoms with van der Waals surface area (Å²) in [6.07, 6.45) is 0. The summed E-state index contributed by atoms with van der Waals surface area (Å²) in [4.78, 5) is 12.2. The molecule has 0 unspecified atom stereocenters. The molecule has 0 aromatic heterocycles. The first kappa shape index (κ1) is 14.5. The molecule has 1 N–H and O–H groups in total. The second kappa shape index (κ2) is 6.49. The monoisotopic (exact) mass is 277 g/mol. The lowest BCUT2D eigenvalue weighted by Gasteiger charge is -2.02. The molecular formula is C17H15N3O. The van der Waals surface area contributed by atoms with Crippen molar-refractivity contribution in [2.75, 3.05) is 5.43 Å². The summed E-state index contributed by atoms with van der Waals surface area (Å²) < 4.78 is 0. The van der Waals surface area contributed by atoms with Gasteiger partial charge in [0.2, 0.25) is 11.5 Å². The molecule has 4 heteroatoms. The fourth-order valence-corrected chi connectivity index (χ4v) is 1.72. The summed E-state index contributed by atoms with van der Waals surface area (Å²) in [6, 6.07) is 16.4. The minimum atomic E-state index is -0.392. The molecule has 0 fully saturated rings. The van der Waals surface area contributed by atoms with Gasteiger partial charge < -0.3 is 0 Å². The SMILES string of the molecule is Cc1ccc(N/N=C(/C#N)C(=O)c2ccc(C)cc2)cc1. The van der Waals surface area contributed by atoms with Gasteiger partial charge in [0.25, 0.3) is 0 Å². The summed E-state index contributed by atoms with van der Waals surface area (Å²) in [7, 11) is 0. The molecule has 0 atom stereocenters. The quantitative estimate of drug-likeness (QED) is 0.528. The Morgan fingerprint density at radius 1 is 1.00 bits per heavy atom. The number of nitrogens with zero attached hydrogens (tertiary/aromatic N) is 2. The van der Waals surface area contributed by atoms with Gasteiger partial charge >= 0.3 is 0 Å². The van der Waals surface area contributed by atoms with Crippen LogP contribution in [-0.2, 0) is 0 Å². The lowest BCUT2D eigenvalue weighted by Crippen LogP contribution is -2.14. The first-order valence-electron chi connectivity index (χ1n) is 6.52. The first-order valence-corrected chi connectivity index (χ1v) is 6.52. The van der Waals surface area contributed by atoms with E-state index >= 15 is 0 Å². The van der Waals surface area contributed by atoms with Crippen molar-refractivity contribution >= 4 is 17.2 Å². The molecule has 0 amide bonds. The minimum Gasteiger partial charge on any atom is -0.286 e. The minimum absolute atomic E-state index is 0.167. The number of rotatable bonds is 4. The number of ketones is 1. The van der Waals surface area contributed by atoms with Crippen LogP contribution in [0.1, 0.15) is 21.5 Å². The molecule has 0 spiro atoms. The van der Waals surface area contributed by atoms with E-state index in [1.165, 1.54) is 0 Å². The number of hydrogen-bond donors (Lipinski definition) is 1. The number of nitrogens with one attached hydrogen (secondary N) is 1. The zero-order valence-electron chi connectivity index (χ0n) is 11.9. The Balaban J connectivity index is 2.17. The molecule has 4 nitrogen and oxygen atoms in total. The van der Waals surface area contributed by atoms with Crippen molar-refractivity contribution < 1.29 is 4.79 Å². The van der Waals surface area contributed by atoms with E-state index in [1.807, 2.05) is 56.3 Å². The van der Waals surface area contributed by atoms with Gasteiger partial charge in [0.05, 0.1) is 5.69 Å². The van der Waals surface area contributed by atoms with Crippen molar-refractivity contribution in [3.63, 3.8) is 0 Å². The predicted octanol–water partition coefficient (Wildman–Crippen LogP) is 3.48. The van der Waals surface area contributed by atoms with Crippen LogP contribution >= 0.6 is 0 Å². The van der Waals surface area contributed by atoms with Crippen molar-refractivity contribution in [1.82, 2.24) is 0 Å². The van der Waals surface area contributed by atoms with E-state index in [2.05, 4.69) is 10.5 Å². The van der Waals surface area contributed by atoms with Gasteiger partial charge in [0, 0.05) is 5.56 Å².